The van der Waals surface area contributed by atoms with E-state index in [9.17, 15) is 0 Å². The van der Waals surface area contributed by atoms with Crippen LogP contribution in [-0.2, 0) is 7.05 Å². The van der Waals surface area contributed by atoms with Crippen molar-refractivity contribution in [2.75, 3.05) is 18.0 Å². The molecule has 3 heterocycles. The number of hydrogen-bond acceptors (Lipinski definition) is 4. The van der Waals surface area contributed by atoms with Gasteiger partial charge in [-0.3, -0.25) is 0 Å². The molecule has 0 unspecified atom stereocenters. The van der Waals surface area contributed by atoms with E-state index in [2.05, 4.69) is 55.8 Å². The quantitative estimate of drug-likeness (QED) is 0.730. The summed E-state index contributed by atoms with van der Waals surface area (Å²) in [6.45, 7) is 2.01. The van der Waals surface area contributed by atoms with Crippen LogP contribution in [0.5, 0.6) is 0 Å². The fraction of sp³-hybridized carbons (Fsp3) is 0.267. The second kappa shape index (κ2) is 4.73. The van der Waals surface area contributed by atoms with Crippen molar-refractivity contribution in [3.05, 3.63) is 36.5 Å². The number of nitrogens with one attached hydrogen (secondary N) is 1. The lowest BCUT2D eigenvalue weighted by Gasteiger charge is -2.24. The van der Waals surface area contributed by atoms with E-state index in [0.717, 1.165) is 30.6 Å². The van der Waals surface area contributed by atoms with Crippen molar-refractivity contribution in [2.24, 2.45) is 7.05 Å². The molecule has 0 saturated carbocycles. The minimum absolute atomic E-state index is 0.657. The van der Waals surface area contributed by atoms with Gasteiger partial charge < -0.3 is 9.88 Å². The first-order valence-electron chi connectivity index (χ1n) is 7.07. The van der Waals surface area contributed by atoms with Crippen molar-refractivity contribution in [3.8, 4) is 11.4 Å². The van der Waals surface area contributed by atoms with E-state index < -0.39 is 0 Å². The summed E-state index contributed by atoms with van der Waals surface area (Å²) < 4.78 is 0. The Hall–Kier alpha value is -2.63. The lowest BCUT2D eigenvalue weighted by molar-refractivity contribution is 0.630. The Kier molecular flexibility index (Phi) is 2.73. The van der Waals surface area contributed by atoms with Crippen LogP contribution in [0.15, 0.2) is 36.5 Å². The number of fused-ring (bicyclic) bond motifs is 1. The van der Waals surface area contributed by atoms with Gasteiger partial charge in [0.1, 0.15) is 0 Å². The average Bonchev–Trinajstić information content (AvgIpc) is 3.13. The maximum absolute atomic E-state index is 4.27. The van der Waals surface area contributed by atoms with E-state index in [-0.39, 0.29) is 0 Å². The number of rotatable bonds is 2. The molecule has 0 spiro atoms. The highest BCUT2D eigenvalue weighted by Crippen LogP contribution is 2.30. The largest absolute Gasteiger partial charge is 0.366 e. The third-order valence-electron chi connectivity index (χ3n) is 3.83. The Morgan fingerprint density at radius 3 is 2.95 bits per heavy atom. The van der Waals surface area contributed by atoms with Crippen molar-refractivity contribution in [1.82, 2.24) is 25.2 Å². The number of aryl methyl sites for hydroxylation is 1. The molecule has 0 bridgehead atoms. The molecule has 4 rings (SSSR count). The van der Waals surface area contributed by atoms with Crippen LogP contribution in [0.25, 0.3) is 22.3 Å². The van der Waals surface area contributed by atoms with Gasteiger partial charge >= 0.3 is 0 Å². The van der Waals surface area contributed by atoms with Crippen molar-refractivity contribution in [3.63, 3.8) is 0 Å². The summed E-state index contributed by atoms with van der Waals surface area (Å²) in [4.78, 5) is 7.20. The summed E-state index contributed by atoms with van der Waals surface area (Å²) in [6.07, 6.45) is 7.63. The first kappa shape index (κ1) is 12.1. The van der Waals surface area contributed by atoms with Crippen molar-refractivity contribution in [2.45, 2.75) is 6.42 Å². The average molecular weight is 280 g/mol. The number of benzene rings is 1. The number of aromatic amines is 1. The first-order chi connectivity index (χ1) is 10.3. The minimum Gasteiger partial charge on any atom is -0.366 e. The lowest BCUT2D eigenvalue weighted by Crippen LogP contribution is -2.26. The highest BCUT2D eigenvalue weighted by atomic mass is 15.6. The van der Waals surface area contributed by atoms with Gasteiger partial charge in [0, 0.05) is 35.8 Å². The molecular weight excluding hydrogens is 264 g/mol. The van der Waals surface area contributed by atoms with Crippen molar-refractivity contribution in [1.29, 1.82) is 0 Å². The number of nitrogens with zero attached hydrogens (tertiary/aromatic N) is 5. The summed E-state index contributed by atoms with van der Waals surface area (Å²) in [5.41, 5.74) is 3.36. The Labute approximate surface area is 122 Å². The molecule has 0 fully saturated rings. The zero-order valence-corrected chi connectivity index (χ0v) is 11.8. The standard InChI is InChI=1S/C15H16N6/c1-20-18-15(17-19-20)11-5-6-13-12(9-11)14(10-16-13)21-7-3-2-4-8-21/h2-3,5-6,9-10,16H,4,7-8H2,1H3. The normalized spacial score (nSPS) is 15.0. The molecule has 106 valence electrons. The van der Waals surface area contributed by atoms with Gasteiger partial charge in [0.2, 0.25) is 5.82 Å². The fourth-order valence-electron chi connectivity index (χ4n) is 2.77. The number of tetrazole rings is 1. The summed E-state index contributed by atoms with van der Waals surface area (Å²) >= 11 is 0. The molecule has 3 aromatic rings. The van der Waals surface area contributed by atoms with Gasteiger partial charge in [-0.1, -0.05) is 12.2 Å². The van der Waals surface area contributed by atoms with E-state index in [0.29, 0.717) is 5.82 Å². The first-order valence-corrected chi connectivity index (χ1v) is 7.07. The van der Waals surface area contributed by atoms with Crippen LogP contribution < -0.4 is 4.90 Å². The Morgan fingerprint density at radius 2 is 2.19 bits per heavy atom. The smallest absolute Gasteiger partial charge is 0.204 e. The van der Waals surface area contributed by atoms with Gasteiger partial charge in [0.25, 0.3) is 0 Å². The molecular formula is C15H16N6. The zero-order valence-electron chi connectivity index (χ0n) is 11.8. The Bertz CT molecular complexity index is 813. The van der Waals surface area contributed by atoms with E-state index in [1.807, 2.05) is 6.07 Å². The highest BCUT2D eigenvalue weighted by molar-refractivity contribution is 5.95. The maximum atomic E-state index is 4.27. The molecule has 1 aromatic carbocycles. The molecule has 0 radical (unpaired) electrons. The summed E-state index contributed by atoms with van der Waals surface area (Å²) in [7, 11) is 1.77. The topological polar surface area (TPSA) is 62.6 Å². The Balaban J connectivity index is 1.80. The summed E-state index contributed by atoms with van der Waals surface area (Å²) in [6, 6.07) is 6.23. The predicted molar refractivity (Wildman–Crippen MR) is 82.1 cm³/mol. The van der Waals surface area contributed by atoms with Crippen molar-refractivity contribution >= 4 is 16.6 Å². The lowest BCUT2D eigenvalue weighted by atomic mass is 10.1. The third-order valence-corrected chi connectivity index (χ3v) is 3.83. The van der Waals surface area contributed by atoms with Gasteiger partial charge in [-0.05, 0) is 29.8 Å². The number of hydrogen-bond donors (Lipinski definition) is 1. The molecule has 0 amide bonds. The fourth-order valence-corrected chi connectivity index (χ4v) is 2.77. The second-order valence-corrected chi connectivity index (χ2v) is 5.24. The zero-order chi connectivity index (χ0) is 14.2. The number of anilines is 1. The van der Waals surface area contributed by atoms with Crippen LogP contribution in [0.3, 0.4) is 0 Å². The van der Waals surface area contributed by atoms with E-state index in [4.69, 9.17) is 0 Å². The monoisotopic (exact) mass is 280 g/mol. The van der Waals surface area contributed by atoms with Crippen LogP contribution >= 0.6 is 0 Å². The van der Waals surface area contributed by atoms with Crippen LogP contribution in [-0.4, -0.2) is 38.3 Å². The molecule has 0 atom stereocenters. The summed E-state index contributed by atoms with van der Waals surface area (Å²) in [5, 5.41) is 13.5. The van der Waals surface area contributed by atoms with E-state index in [1.54, 1.807) is 7.05 Å². The molecule has 1 aliphatic heterocycles. The maximum Gasteiger partial charge on any atom is 0.204 e. The van der Waals surface area contributed by atoms with Crippen molar-refractivity contribution < 1.29 is 0 Å². The van der Waals surface area contributed by atoms with Gasteiger partial charge in [-0.2, -0.15) is 4.80 Å². The molecule has 0 saturated heterocycles. The molecule has 6 nitrogen and oxygen atoms in total. The van der Waals surface area contributed by atoms with Crippen LogP contribution in [0.4, 0.5) is 5.69 Å². The number of aromatic nitrogens is 5. The molecule has 2 aromatic heterocycles. The molecule has 1 N–H and O–H groups in total. The van der Waals surface area contributed by atoms with Crippen LogP contribution in [0, 0.1) is 0 Å². The van der Waals surface area contributed by atoms with Gasteiger partial charge in [-0.15, -0.1) is 10.2 Å². The van der Waals surface area contributed by atoms with Gasteiger partial charge in [0.15, 0.2) is 0 Å². The minimum atomic E-state index is 0.657. The summed E-state index contributed by atoms with van der Waals surface area (Å²) in [5.74, 6) is 0.657. The predicted octanol–water partition coefficient (Wildman–Crippen LogP) is 2.12. The highest BCUT2D eigenvalue weighted by Gasteiger charge is 2.14. The molecule has 1 aliphatic rings. The molecule has 6 heteroatoms. The SMILES string of the molecule is Cn1nnc(-c2ccc3[nH]cc(N4CC=CCC4)c3c2)n1. The number of H-pyrrole nitrogens is 1. The second-order valence-electron chi connectivity index (χ2n) is 5.24. The molecule has 21 heavy (non-hydrogen) atoms. The Morgan fingerprint density at radius 1 is 1.24 bits per heavy atom. The third kappa shape index (κ3) is 2.08. The van der Waals surface area contributed by atoms with Crippen LogP contribution in [0.2, 0.25) is 0 Å². The molecule has 0 aliphatic carbocycles. The van der Waals surface area contributed by atoms with Gasteiger partial charge in [-0.25, -0.2) is 0 Å². The van der Waals surface area contributed by atoms with E-state index >= 15 is 0 Å². The van der Waals surface area contributed by atoms with Crippen LogP contribution in [0.1, 0.15) is 6.42 Å². The van der Waals surface area contributed by atoms with Gasteiger partial charge in [0.05, 0.1) is 12.7 Å². The van der Waals surface area contributed by atoms with E-state index in [1.165, 1.54) is 15.9 Å².